The minimum atomic E-state index is -0.927. The Morgan fingerprint density at radius 2 is 2.11 bits per heavy atom. The average molecular weight is 275 g/mol. The molecule has 0 aliphatic heterocycles. The Morgan fingerprint density at radius 1 is 1.50 bits per heavy atom. The summed E-state index contributed by atoms with van der Waals surface area (Å²) in [6.07, 6.45) is 0. The molecular weight excluding hydrogens is 264 g/mol. The van der Waals surface area contributed by atoms with Gasteiger partial charge in [0.05, 0.1) is 5.56 Å². The van der Waals surface area contributed by atoms with Gasteiger partial charge in [0.2, 0.25) is 6.79 Å². The van der Waals surface area contributed by atoms with Crippen molar-refractivity contribution >= 4 is 23.2 Å². The van der Waals surface area contributed by atoms with Crippen LogP contribution in [-0.2, 0) is 9.53 Å². The monoisotopic (exact) mass is 275 g/mol. The standard InChI is InChI=1S/C11H11F2NO3S/c1-5-8(17-4-16-6(2)15)3-7(12)9(10(5)13)11(14)18/h3H,4H2,1-2H3,(H2,14,18). The van der Waals surface area contributed by atoms with Gasteiger partial charge in [-0.15, -0.1) is 0 Å². The maximum absolute atomic E-state index is 13.8. The van der Waals surface area contributed by atoms with Gasteiger partial charge in [0.25, 0.3) is 0 Å². The molecule has 0 bridgehead atoms. The van der Waals surface area contributed by atoms with Crippen molar-refractivity contribution in [1.29, 1.82) is 0 Å². The third-order valence-corrected chi connectivity index (χ3v) is 2.34. The van der Waals surface area contributed by atoms with Gasteiger partial charge in [0.1, 0.15) is 22.4 Å². The lowest BCUT2D eigenvalue weighted by Crippen LogP contribution is -2.16. The highest BCUT2D eigenvalue weighted by Crippen LogP contribution is 2.26. The first-order valence-corrected chi connectivity index (χ1v) is 5.30. The van der Waals surface area contributed by atoms with Crippen molar-refractivity contribution in [3.05, 3.63) is 28.8 Å². The van der Waals surface area contributed by atoms with Gasteiger partial charge in [-0.2, -0.15) is 0 Å². The molecule has 0 aliphatic rings. The van der Waals surface area contributed by atoms with Crippen LogP contribution >= 0.6 is 12.2 Å². The molecule has 1 aromatic rings. The second-order valence-corrected chi connectivity index (χ2v) is 3.87. The van der Waals surface area contributed by atoms with E-state index < -0.39 is 30.0 Å². The van der Waals surface area contributed by atoms with Crippen LogP contribution in [0.25, 0.3) is 0 Å². The summed E-state index contributed by atoms with van der Waals surface area (Å²) in [6, 6.07) is 0.941. The highest BCUT2D eigenvalue weighted by Gasteiger charge is 2.18. The summed E-state index contributed by atoms with van der Waals surface area (Å²) in [5.41, 5.74) is 4.79. The molecule has 0 radical (unpaired) electrons. The van der Waals surface area contributed by atoms with Crippen LogP contribution in [0.2, 0.25) is 0 Å². The van der Waals surface area contributed by atoms with E-state index in [1.54, 1.807) is 0 Å². The smallest absolute Gasteiger partial charge is 0.305 e. The van der Waals surface area contributed by atoms with E-state index in [-0.39, 0.29) is 16.3 Å². The molecular formula is C11H11F2NO3S. The molecule has 1 rings (SSSR count). The Hall–Kier alpha value is -1.76. The minimum absolute atomic E-state index is 0.0337. The van der Waals surface area contributed by atoms with Gasteiger partial charge in [-0.25, -0.2) is 8.78 Å². The van der Waals surface area contributed by atoms with Crippen LogP contribution < -0.4 is 10.5 Å². The van der Waals surface area contributed by atoms with Gasteiger partial charge in [-0.1, -0.05) is 12.2 Å². The van der Waals surface area contributed by atoms with Crippen LogP contribution in [0, 0.1) is 18.6 Å². The Balaban J connectivity index is 3.02. The third-order valence-electron chi connectivity index (χ3n) is 2.14. The predicted octanol–water partition coefficient (Wildman–Crippen LogP) is 1.81. The molecule has 4 nitrogen and oxygen atoms in total. The number of hydrogen-bond acceptors (Lipinski definition) is 4. The fourth-order valence-electron chi connectivity index (χ4n) is 1.25. The number of nitrogens with two attached hydrogens (primary N) is 1. The molecule has 0 aliphatic carbocycles. The molecule has 0 spiro atoms. The van der Waals surface area contributed by atoms with Crippen molar-refractivity contribution in [2.45, 2.75) is 13.8 Å². The first-order valence-electron chi connectivity index (χ1n) is 4.89. The predicted molar refractivity (Wildman–Crippen MR) is 64.2 cm³/mol. The van der Waals surface area contributed by atoms with Gasteiger partial charge in [0, 0.05) is 18.6 Å². The number of carbonyl (C=O) groups excluding carboxylic acids is 1. The Bertz CT molecular complexity index is 506. The molecule has 0 heterocycles. The number of carbonyl (C=O) groups is 1. The molecule has 0 fully saturated rings. The quantitative estimate of drug-likeness (QED) is 0.516. The third kappa shape index (κ3) is 3.13. The highest BCUT2D eigenvalue weighted by molar-refractivity contribution is 7.80. The molecule has 1 aromatic carbocycles. The number of thiocarbonyl (C=S) groups is 1. The van der Waals surface area contributed by atoms with Crippen molar-refractivity contribution in [1.82, 2.24) is 0 Å². The number of rotatable bonds is 4. The lowest BCUT2D eigenvalue weighted by molar-refractivity contribution is -0.147. The normalized spacial score (nSPS) is 10.0. The van der Waals surface area contributed by atoms with Crippen LogP contribution in [0.5, 0.6) is 5.75 Å². The number of esters is 1. The Morgan fingerprint density at radius 3 is 2.61 bits per heavy atom. The van der Waals surface area contributed by atoms with E-state index in [9.17, 15) is 13.6 Å². The van der Waals surface area contributed by atoms with Gasteiger partial charge in [-0.3, -0.25) is 4.79 Å². The molecule has 0 atom stereocenters. The van der Waals surface area contributed by atoms with E-state index in [4.69, 9.17) is 10.5 Å². The zero-order valence-electron chi connectivity index (χ0n) is 9.75. The van der Waals surface area contributed by atoms with Gasteiger partial charge in [-0.05, 0) is 6.92 Å². The van der Waals surface area contributed by atoms with E-state index >= 15 is 0 Å². The fraction of sp³-hybridized carbons (Fsp3) is 0.273. The summed E-state index contributed by atoms with van der Waals surface area (Å²) in [5, 5.41) is 0. The maximum Gasteiger partial charge on any atom is 0.305 e. The summed E-state index contributed by atoms with van der Waals surface area (Å²) >= 11 is 4.55. The Kier molecular flexibility index (Phi) is 4.55. The fourth-order valence-corrected chi connectivity index (χ4v) is 1.43. The van der Waals surface area contributed by atoms with Gasteiger partial charge < -0.3 is 15.2 Å². The summed E-state index contributed by atoms with van der Waals surface area (Å²) in [7, 11) is 0. The second kappa shape index (κ2) is 5.72. The molecule has 0 unspecified atom stereocenters. The summed E-state index contributed by atoms with van der Waals surface area (Å²) in [5.74, 6) is -2.46. The minimum Gasteiger partial charge on any atom is -0.457 e. The van der Waals surface area contributed by atoms with E-state index in [0.29, 0.717) is 0 Å². The molecule has 0 amide bonds. The van der Waals surface area contributed by atoms with Crippen LogP contribution in [-0.4, -0.2) is 17.8 Å². The topological polar surface area (TPSA) is 61.5 Å². The van der Waals surface area contributed by atoms with Crippen molar-refractivity contribution < 1.29 is 23.0 Å². The number of hydrogen-bond donors (Lipinski definition) is 1. The van der Waals surface area contributed by atoms with Gasteiger partial charge in [0.15, 0.2) is 0 Å². The Labute approximate surface area is 108 Å². The van der Waals surface area contributed by atoms with Crippen molar-refractivity contribution in [2.24, 2.45) is 5.73 Å². The highest BCUT2D eigenvalue weighted by atomic mass is 32.1. The summed E-state index contributed by atoms with van der Waals surface area (Å²) in [6.45, 7) is 2.13. The molecule has 0 aromatic heterocycles. The number of halogens is 2. The average Bonchev–Trinajstić information content (AvgIpc) is 2.24. The van der Waals surface area contributed by atoms with Crippen LogP contribution in [0.3, 0.4) is 0 Å². The van der Waals surface area contributed by atoms with Crippen molar-refractivity contribution in [3.8, 4) is 5.75 Å². The largest absolute Gasteiger partial charge is 0.457 e. The van der Waals surface area contributed by atoms with E-state index in [0.717, 1.165) is 6.07 Å². The van der Waals surface area contributed by atoms with Crippen LogP contribution in [0.15, 0.2) is 6.07 Å². The van der Waals surface area contributed by atoms with E-state index in [2.05, 4.69) is 17.0 Å². The lowest BCUT2D eigenvalue weighted by atomic mass is 10.1. The van der Waals surface area contributed by atoms with Crippen molar-refractivity contribution in [3.63, 3.8) is 0 Å². The summed E-state index contributed by atoms with van der Waals surface area (Å²) < 4.78 is 36.7. The first kappa shape index (κ1) is 14.3. The molecule has 98 valence electrons. The van der Waals surface area contributed by atoms with E-state index in [1.807, 2.05) is 0 Å². The number of benzene rings is 1. The van der Waals surface area contributed by atoms with Crippen LogP contribution in [0.1, 0.15) is 18.1 Å². The maximum atomic E-state index is 13.8. The summed E-state index contributed by atoms with van der Waals surface area (Å²) in [4.78, 5) is 10.1. The zero-order valence-corrected chi connectivity index (χ0v) is 10.6. The second-order valence-electron chi connectivity index (χ2n) is 3.43. The molecule has 0 saturated carbocycles. The van der Waals surface area contributed by atoms with Crippen LogP contribution in [0.4, 0.5) is 8.78 Å². The van der Waals surface area contributed by atoms with Gasteiger partial charge >= 0.3 is 5.97 Å². The molecule has 0 saturated heterocycles. The molecule has 2 N–H and O–H groups in total. The number of ether oxygens (including phenoxy) is 2. The molecule has 7 heteroatoms. The van der Waals surface area contributed by atoms with E-state index in [1.165, 1.54) is 13.8 Å². The van der Waals surface area contributed by atoms with Crippen molar-refractivity contribution in [2.75, 3.05) is 6.79 Å². The molecule has 18 heavy (non-hydrogen) atoms. The SMILES string of the molecule is CC(=O)OCOc1cc(F)c(C(N)=S)c(F)c1C. The lowest BCUT2D eigenvalue weighted by Gasteiger charge is -2.12. The first-order chi connectivity index (χ1) is 8.34. The zero-order chi connectivity index (χ0) is 13.9.